The van der Waals surface area contributed by atoms with Crippen LogP contribution in [0.1, 0.15) is 55.1 Å². The molecule has 0 unspecified atom stereocenters. The highest BCUT2D eigenvalue weighted by molar-refractivity contribution is 6.02. The Labute approximate surface area is 120 Å². The number of ketones is 1. The molecule has 20 heavy (non-hydrogen) atoms. The largest absolute Gasteiger partial charge is 0.294 e. The number of benzene rings is 1. The second-order valence-corrected chi connectivity index (χ2v) is 6.31. The first-order chi connectivity index (χ1) is 9.58. The number of aryl methyl sites for hydroxylation is 1. The average molecular weight is 267 g/mol. The lowest BCUT2D eigenvalue weighted by molar-refractivity contribution is 0.0749. The number of rotatable bonds is 2. The van der Waals surface area contributed by atoms with Crippen LogP contribution in [0.5, 0.6) is 0 Å². The topological polar surface area (TPSA) is 30.0 Å². The average Bonchev–Trinajstić information content (AvgIpc) is 2.46. The molecular formula is C18H21NO. The summed E-state index contributed by atoms with van der Waals surface area (Å²) in [6.45, 7) is 4.12. The number of pyridine rings is 1. The third-order valence-corrected chi connectivity index (χ3v) is 4.60. The second-order valence-electron chi connectivity index (χ2n) is 6.31. The zero-order valence-corrected chi connectivity index (χ0v) is 12.3. The van der Waals surface area contributed by atoms with Crippen LogP contribution in [0.3, 0.4) is 0 Å². The molecule has 1 aromatic carbocycles. The zero-order valence-electron chi connectivity index (χ0n) is 12.3. The molecular weight excluding hydrogens is 246 g/mol. The Hall–Kier alpha value is -1.70. The first-order valence-electron chi connectivity index (χ1n) is 7.51. The van der Waals surface area contributed by atoms with Gasteiger partial charge in [0.05, 0.1) is 5.52 Å². The van der Waals surface area contributed by atoms with Gasteiger partial charge in [0.1, 0.15) is 0 Å². The summed E-state index contributed by atoms with van der Waals surface area (Å²) in [5.74, 6) is 0.305. The van der Waals surface area contributed by atoms with Crippen LogP contribution in [-0.2, 0) is 0 Å². The van der Waals surface area contributed by atoms with E-state index in [1.54, 1.807) is 0 Å². The van der Waals surface area contributed by atoms with Crippen LogP contribution >= 0.6 is 0 Å². The molecule has 0 amide bonds. The minimum Gasteiger partial charge on any atom is -0.294 e. The van der Waals surface area contributed by atoms with Crippen molar-refractivity contribution in [2.45, 2.75) is 46.0 Å². The van der Waals surface area contributed by atoms with Gasteiger partial charge in [-0.15, -0.1) is 0 Å². The molecule has 1 aliphatic rings. The highest BCUT2D eigenvalue weighted by Crippen LogP contribution is 2.38. The molecule has 1 saturated carbocycles. The normalized spacial score (nSPS) is 18.1. The summed E-state index contributed by atoms with van der Waals surface area (Å²) in [6, 6.07) is 9.97. The summed E-state index contributed by atoms with van der Waals surface area (Å²) < 4.78 is 0. The number of carbonyl (C=O) groups is 1. The molecule has 0 aliphatic heterocycles. The number of hydrogen-bond acceptors (Lipinski definition) is 2. The lowest BCUT2D eigenvalue weighted by Crippen LogP contribution is -2.30. The van der Waals surface area contributed by atoms with E-state index < -0.39 is 0 Å². The van der Waals surface area contributed by atoms with Gasteiger partial charge in [0.25, 0.3) is 0 Å². The lowest BCUT2D eigenvalue weighted by atomic mass is 9.71. The van der Waals surface area contributed by atoms with Gasteiger partial charge in [-0.05, 0) is 44.0 Å². The van der Waals surface area contributed by atoms with Crippen LogP contribution in [0.2, 0.25) is 0 Å². The fraction of sp³-hybridized carbons (Fsp3) is 0.444. The van der Waals surface area contributed by atoms with Gasteiger partial charge in [-0.25, -0.2) is 0 Å². The van der Waals surface area contributed by atoms with Gasteiger partial charge in [0.2, 0.25) is 0 Å². The minimum absolute atomic E-state index is 0.163. The molecule has 0 saturated heterocycles. The maximum absolute atomic E-state index is 12.8. The van der Waals surface area contributed by atoms with Crippen LogP contribution in [0.25, 0.3) is 10.9 Å². The highest BCUT2D eigenvalue weighted by atomic mass is 16.1. The Bertz CT molecular complexity index is 654. The number of carbonyl (C=O) groups excluding carboxylic acids is 1. The number of nitrogens with zero attached hydrogens (tertiary/aromatic N) is 1. The summed E-state index contributed by atoms with van der Waals surface area (Å²) >= 11 is 0. The molecule has 0 spiro atoms. The van der Waals surface area contributed by atoms with E-state index in [1.807, 2.05) is 31.2 Å². The molecule has 0 N–H and O–H groups in total. The molecule has 3 rings (SSSR count). The SMILES string of the molecule is Cc1ccc2cc(C(=O)C3(C)CCCCC3)ccc2n1. The first-order valence-corrected chi connectivity index (χ1v) is 7.51. The predicted octanol–water partition coefficient (Wildman–Crippen LogP) is 4.70. The Kier molecular flexibility index (Phi) is 3.33. The Balaban J connectivity index is 1.97. The molecule has 1 fully saturated rings. The van der Waals surface area contributed by atoms with Gasteiger partial charge >= 0.3 is 0 Å². The molecule has 1 aliphatic carbocycles. The Morgan fingerprint density at radius 1 is 1.10 bits per heavy atom. The fourth-order valence-corrected chi connectivity index (χ4v) is 3.28. The van der Waals surface area contributed by atoms with Crippen molar-refractivity contribution in [2.24, 2.45) is 5.41 Å². The molecule has 2 heteroatoms. The van der Waals surface area contributed by atoms with Crippen molar-refractivity contribution < 1.29 is 4.79 Å². The Morgan fingerprint density at radius 3 is 2.60 bits per heavy atom. The van der Waals surface area contributed by atoms with Crippen molar-refractivity contribution in [1.29, 1.82) is 0 Å². The molecule has 0 radical (unpaired) electrons. The van der Waals surface area contributed by atoms with Crippen LogP contribution in [0.15, 0.2) is 30.3 Å². The maximum atomic E-state index is 12.8. The van der Waals surface area contributed by atoms with Crippen molar-refractivity contribution in [3.05, 3.63) is 41.6 Å². The summed E-state index contributed by atoms with van der Waals surface area (Å²) in [5.41, 5.74) is 2.66. The maximum Gasteiger partial charge on any atom is 0.168 e. The zero-order chi connectivity index (χ0) is 14.2. The molecule has 2 nitrogen and oxygen atoms in total. The van der Waals surface area contributed by atoms with Gasteiger partial charge in [0.15, 0.2) is 5.78 Å². The van der Waals surface area contributed by atoms with Gasteiger partial charge in [-0.3, -0.25) is 9.78 Å². The van der Waals surface area contributed by atoms with Gasteiger partial charge in [-0.1, -0.05) is 32.3 Å². The number of Topliss-reactive ketones (excluding diaryl/α,β-unsaturated/α-hetero) is 1. The third-order valence-electron chi connectivity index (χ3n) is 4.60. The van der Waals surface area contributed by atoms with E-state index in [-0.39, 0.29) is 5.41 Å². The van der Waals surface area contributed by atoms with Gasteiger partial charge < -0.3 is 0 Å². The van der Waals surface area contributed by atoms with E-state index in [9.17, 15) is 4.79 Å². The van der Waals surface area contributed by atoms with Crippen LogP contribution < -0.4 is 0 Å². The smallest absolute Gasteiger partial charge is 0.168 e. The van der Waals surface area contributed by atoms with E-state index in [2.05, 4.69) is 18.0 Å². The van der Waals surface area contributed by atoms with Crippen LogP contribution in [0.4, 0.5) is 0 Å². The molecule has 1 aromatic heterocycles. The van der Waals surface area contributed by atoms with E-state index >= 15 is 0 Å². The monoisotopic (exact) mass is 267 g/mol. The molecule has 2 aromatic rings. The van der Waals surface area contributed by atoms with Crippen LogP contribution in [-0.4, -0.2) is 10.8 Å². The van der Waals surface area contributed by atoms with Crippen molar-refractivity contribution in [3.63, 3.8) is 0 Å². The van der Waals surface area contributed by atoms with E-state index in [0.717, 1.165) is 35.0 Å². The summed E-state index contributed by atoms with van der Waals surface area (Å²) in [4.78, 5) is 17.3. The Morgan fingerprint density at radius 2 is 1.85 bits per heavy atom. The fourth-order valence-electron chi connectivity index (χ4n) is 3.28. The number of aromatic nitrogens is 1. The standard InChI is InChI=1S/C18H21NO/c1-13-6-7-14-12-15(8-9-16(14)19-13)17(20)18(2)10-4-3-5-11-18/h6-9,12H,3-5,10-11H2,1-2H3. The quantitative estimate of drug-likeness (QED) is 0.738. The number of hydrogen-bond donors (Lipinski definition) is 0. The van der Waals surface area contributed by atoms with E-state index in [0.29, 0.717) is 5.78 Å². The molecule has 0 atom stereocenters. The first kappa shape index (κ1) is 13.3. The van der Waals surface area contributed by atoms with Crippen molar-refractivity contribution in [1.82, 2.24) is 4.98 Å². The second kappa shape index (κ2) is 5.01. The summed E-state index contributed by atoms with van der Waals surface area (Å²) in [6.07, 6.45) is 5.67. The molecule has 104 valence electrons. The minimum atomic E-state index is -0.163. The van der Waals surface area contributed by atoms with Crippen molar-refractivity contribution in [2.75, 3.05) is 0 Å². The van der Waals surface area contributed by atoms with Crippen LogP contribution in [0, 0.1) is 12.3 Å². The predicted molar refractivity (Wildman–Crippen MR) is 82.0 cm³/mol. The van der Waals surface area contributed by atoms with Crippen molar-refractivity contribution >= 4 is 16.7 Å². The van der Waals surface area contributed by atoms with E-state index in [4.69, 9.17) is 0 Å². The lowest BCUT2D eigenvalue weighted by Gasteiger charge is -2.32. The molecule has 0 bridgehead atoms. The number of fused-ring (bicyclic) bond motifs is 1. The van der Waals surface area contributed by atoms with Crippen molar-refractivity contribution in [3.8, 4) is 0 Å². The van der Waals surface area contributed by atoms with Gasteiger partial charge in [-0.2, -0.15) is 0 Å². The highest BCUT2D eigenvalue weighted by Gasteiger charge is 2.34. The molecule has 1 heterocycles. The third kappa shape index (κ3) is 2.35. The summed E-state index contributed by atoms with van der Waals surface area (Å²) in [7, 11) is 0. The summed E-state index contributed by atoms with van der Waals surface area (Å²) in [5, 5.41) is 1.06. The van der Waals surface area contributed by atoms with E-state index in [1.165, 1.54) is 19.3 Å². The van der Waals surface area contributed by atoms with Gasteiger partial charge in [0, 0.05) is 22.1 Å².